The molecule has 2 rings (SSSR count). The number of amides is 1. The largest absolute Gasteiger partial charge is 0.507 e. The Labute approximate surface area is 106 Å². The molecule has 1 aliphatic rings. The summed E-state index contributed by atoms with van der Waals surface area (Å²) in [6.07, 6.45) is 2.53. The van der Waals surface area contributed by atoms with Crippen LogP contribution in [-0.4, -0.2) is 17.6 Å². The molecule has 1 amide bonds. The second-order valence-corrected chi connectivity index (χ2v) is 5.12. The SMILES string of the molecule is CC(CNC(=O)c1ccc(Cl)cc1O)C1CC1. The molecule has 0 saturated heterocycles. The number of aromatic hydroxyl groups is 1. The predicted molar refractivity (Wildman–Crippen MR) is 67.3 cm³/mol. The van der Waals surface area contributed by atoms with E-state index < -0.39 is 0 Å². The molecule has 1 unspecified atom stereocenters. The molecule has 3 nitrogen and oxygen atoms in total. The van der Waals surface area contributed by atoms with Crippen LogP contribution in [0.2, 0.25) is 5.02 Å². The summed E-state index contributed by atoms with van der Waals surface area (Å²) in [7, 11) is 0. The van der Waals surface area contributed by atoms with E-state index in [0.717, 1.165) is 5.92 Å². The van der Waals surface area contributed by atoms with E-state index in [4.69, 9.17) is 11.6 Å². The smallest absolute Gasteiger partial charge is 0.255 e. The summed E-state index contributed by atoms with van der Waals surface area (Å²) in [6.45, 7) is 2.80. The van der Waals surface area contributed by atoms with Crippen molar-refractivity contribution in [2.75, 3.05) is 6.54 Å². The Morgan fingerprint density at radius 1 is 1.59 bits per heavy atom. The molecule has 0 spiro atoms. The van der Waals surface area contributed by atoms with E-state index in [-0.39, 0.29) is 17.2 Å². The molecule has 4 heteroatoms. The highest BCUT2D eigenvalue weighted by Gasteiger charge is 2.28. The van der Waals surface area contributed by atoms with Crippen LogP contribution in [0.25, 0.3) is 0 Å². The van der Waals surface area contributed by atoms with E-state index in [0.29, 0.717) is 17.5 Å². The highest BCUT2D eigenvalue weighted by molar-refractivity contribution is 6.30. The number of nitrogens with one attached hydrogen (secondary N) is 1. The number of hydrogen-bond acceptors (Lipinski definition) is 2. The molecular weight excluding hydrogens is 238 g/mol. The van der Waals surface area contributed by atoms with Crippen LogP contribution in [0, 0.1) is 11.8 Å². The quantitative estimate of drug-likeness (QED) is 0.867. The van der Waals surface area contributed by atoms with Crippen LogP contribution in [0.1, 0.15) is 30.1 Å². The average molecular weight is 254 g/mol. The zero-order valence-electron chi connectivity index (χ0n) is 9.74. The molecule has 0 aromatic heterocycles. The lowest BCUT2D eigenvalue weighted by atomic mass is 10.1. The minimum absolute atomic E-state index is 0.0749. The van der Waals surface area contributed by atoms with Gasteiger partial charge in [-0.1, -0.05) is 18.5 Å². The van der Waals surface area contributed by atoms with Gasteiger partial charge in [-0.15, -0.1) is 0 Å². The van der Waals surface area contributed by atoms with Gasteiger partial charge < -0.3 is 10.4 Å². The van der Waals surface area contributed by atoms with E-state index in [1.54, 1.807) is 6.07 Å². The Kier molecular flexibility index (Phi) is 3.57. The van der Waals surface area contributed by atoms with Crippen molar-refractivity contribution in [1.29, 1.82) is 0 Å². The van der Waals surface area contributed by atoms with Crippen molar-refractivity contribution in [2.45, 2.75) is 19.8 Å². The summed E-state index contributed by atoms with van der Waals surface area (Å²) >= 11 is 5.71. The van der Waals surface area contributed by atoms with Crippen molar-refractivity contribution in [2.24, 2.45) is 11.8 Å². The maximum atomic E-state index is 11.8. The van der Waals surface area contributed by atoms with Crippen molar-refractivity contribution in [3.05, 3.63) is 28.8 Å². The van der Waals surface area contributed by atoms with Gasteiger partial charge in [-0.3, -0.25) is 4.79 Å². The molecule has 92 valence electrons. The second kappa shape index (κ2) is 4.96. The Morgan fingerprint density at radius 3 is 2.88 bits per heavy atom. The summed E-state index contributed by atoms with van der Waals surface area (Å²) in [5, 5.41) is 12.9. The van der Waals surface area contributed by atoms with Crippen molar-refractivity contribution >= 4 is 17.5 Å². The molecule has 17 heavy (non-hydrogen) atoms. The van der Waals surface area contributed by atoms with Crippen LogP contribution in [0.3, 0.4) is 0 Å². The van der Waals surface area contributed by atoms with Crippen LogP contribution in [0.5, 0.6) is 5.75 Å². The molecule has 1 aliphatic carbocycles. The first-order valence-corrected chi connectivity index (χ1v) is 6.22. The predicted octanol–water partition coefficient (Wildman–Crippen LogP) is 2.82. The number of hydrogen-bond donors (Lipinski definition) is 2. The van der Waals surface area contributed by atoms with E-state index in [1.165, 1.54) is 25.0 Å². The van der Waals surface area contributed by atoms with Gasteiger partial charge in [-0.05, 0) is 42.9 Å². The van der Waals surface area contributed by atoms with Crippen LogP contribution in [0.15, 0.2) is 18.2 Å². The van der Waals surface area contributed by atoms with Crippen molar-refractivity contribution in [3.8, 4) is 5.75 Å². The Bertz CT molecular complexity index is 429. The molecule has 0 aliphatic heterocycles. The number of benzene rings is 1. The van der Waals surface area contributed by atoms with Crippen molar-refractivity contribution in [1.82, 2.24) is 5.32 Å². The van der Waals surface area contributed by atoms with Crippen LogP contribution < -0.4 is 5.32 Å². The fourth-order valence-electron chi connectivity index (χ4n) is 1.88. The first-order chi connectivity index (χ1) is 8.08. The monoisotopic (exact) mass is 253 g/mol. The molecule has 1 aromatic carbocycles. The van der Waals surface area contributed by atoms with E-state index in [1.807, 2.05) is 0 Å². The van der Waals surface area contributed by atoms with Crippen molar-refractivity contribution < 1.29 is 9.90 Å². The topological polar surface area (TPSA) is 49.3 Å². The van der Waals surface area contributed by atoms with Crippen molar-refractivity contribution in [3.63, 3.8) is 0 Å². The molecule has 1 aromatic rings. The molecule has 0 bridgehead atoms. The average Bonchev–Trinajstić information content (AvgIpc) is 3.09. The summed E-state index contributed by atoms with van der Waals surface area (Å²) in [4.78, 5) is 11.8. The normalized spacial score (nSPS) is 16.6. The van der Waals surface area contributed by atoms with Crippen LogP contribution >= 0.6 is 11.6 Å². The van der Waals surface area contributed by atoms with E-state index in [9.17, 15) is 9.90 Å². The summed E-state index contributed by atoms with van der Waals surface area (Å²) in [5.74, 6) is 0.947. The van der Waals surface area contributed by atoms with Gasteiger partial charge in [0, 0.05) is 11.6 Å². The zero-order chi connectivity index (χ0) is 12.4. The lowest BCUT2D eigenvalue weighted by Gasteiger charge is -2.12. The number of phenolic OH excluding ortho intramolecular Hbond substituents is 1. The van der Waals surface area contributed by atoms with Gasteiger partial charge in [-0.2, -0.15) is 0 Å². The molecular formula is C13H16ClNO2. The first-order valence-electron chi connectivity index (χ1n) is 5.84. The summed E-state index contributed by atoms with van der Waals surface area (Å²) < 4.78 is 0. The van der Waals surface area contributed by atoms with E-state index in [2.05, 4.69) is 12.2 Å². The van der Waals surface area contributed by atoms with Crippen LogP contribution in [0.4, 0.5) is 0 Å². The second-order valence-electron chi connectivity index (χ2n) is 4.69. The van der Waals surface area contributed by atoms with Crippen LogP contribution in [-0.2, 0) is 0 Å². The number of halogens is 1. The number of rotatable bonds is 4. The van der Waals surface area contributed by atoms with E-state index >= 15 is 0 Å². The van der Waals surface area contributed by atoms with Gasteiger partial charge >= 0.3 is 0 Å². The molecule has 2 N–H and O–H groups in total. The summed E-state index contributed by atoms with van der Waals surface area (Å²) in [6, 6.07) is 4.51. The summed E-state index contributed by atoms with van der Waals surface area (Å²) in [5.41, 5.74) is 0.275. The maximum Gasteiger partial charge on any atom is 0.255 e. The Morgan fingerprint density at radius 2 is 2.29 bits per heavy atom. The molecule has 0 heterocycles. The highest BCUT2D eigenvalue weighted by atomic mass is 35.5. The first kappa shape index (κ1) is 12.2. The molecule has 1 saturated carbocycles. The lowest BCUT2D eigenvalue weighted by Crippen LogP contribution is -2.29. The third kappa shape index (κ3) is 3.13. The van der Waals surface area contributed by atoms with Gasteiger partial charge in [0.05, 0.1) is 5.56 Å². The number of carbonyl (C=O) groups excluding carboxylic acids is 1. The highest BCUT2D eigenvalue weighted by Crippen LogP contribution is 2.36. The number of phenols is 1. The minimum atomic E-state index is -0.244. The lowest BCUT2D eigenvalue weighted by molar-refractivity contribution is 0.0944. The van der Waals surface area contributed by atoms with Gasteiger partial charge in [0.25, 0.3) is 5.91 Å². The molecule has 0 radical (unpaired) electrons. The zero-order valence-corrected chi connectivity index (χ0v) is 10.5. The Balaban J connectivity index is 1.94. The fraction of sp³-hybridized carbons (Fsp3) is 0.462. The minimum Gasteiger partial charge on any atom is -0.507 e. The maximum absolute atomic E-state index is 11.8. The van der Waals surface area contributed by atoms with Gasteiger partial charge in [0.2, 0.25) is 0 Å². The molecule has 1 fully saturated rings. The van der Waals surface area contributed by atoms with Gasteiger partial charge in [-0.25, -0.2) is 0 Å². The fourth-order valence-corrected chi connectivity index (χ4v) is 2.04. The Hall–Kier alpha value is -1.22. The van der Waals surface area contributed by atoms with Gasteiger partial charge in [0.15, 0.2) is 0 Å². The third-order valence-electron chi connectivity index (χ3n) is 3.22. The standard InChI is InChI=1S/C13H16ClNO2/c1-8(9-2-3-9)7-15-13(17)11-5-4-10(14)6-12(11)16/h4-6,8-9,16H,2-3,7H2,1H3,(H,15,17). The third-order valence-corrected chi connectivity index (χ3v) is 3.45. The number of carbonyl (C=O) groups is 1. The molecule has 1 atom stereocenters. The van der Waals surface area contributed by atoms with Gasteiger partial charge in [0.1, 0.15) is 5.75 Å².